The van der Waals surface area contributed by atoms with Gasteiger partial charge in [-0.1, -0.05) is 25.0 Å². The average molecular weight is 500 g/mol. The maximum atomic E-state index is 13.6. The van der Waals surface area contributed by atoms with E-state index in [1.807, 2.05) is 18.2 Å². The van der Waals surface area contributed by atoms with Crippen molar-refractivity contribution in [2.24, 2.45) is 5.92 Å². The van der Waals surface area contributed by atoms with Gasteiger partial charge in [-0.3, -0.25) is 4.79 Å². The molecular weight excluding hydrogens is 466 g/mol. The van der Waals surface area contributed by atoms with E-state index >= 15 is 0 Å². The minimum Gasteiger partial charge on any atom is -0.384 e. The van der Waals surface area contributed by atoms with Gasteiger partial charge in [-0.25, -0.2) is 19.3 Å². The van der Waals surface area contributed by atoms with E-state index in [4.69, 9.17) is 9.97 Å². The number of aliphatic hydroxyl groups is 1. The van der Waals surface area contributed by atoms with Crippen molar-refractivity contribution >= 4 is 22.7 Å². The highest BCUT2D eigenvalue weighted by atomic mass is 16.3. The van der Waals surface area contributed by atoms with Crippen LogP contribution in [0.15, 0.2) is 47.4 Å². The number of fused-ring (bicyclic) bond motifs is 2. The largest absolute Gasteiger partial charge is 0.384 e. The molecule has 192 valence electrons. The van der Waals surface area contributed by atoms with E-state index in [1.54, 1.807) is 35.5 Å². The van der Waals surface area contributed by atoms with E-state index in [1.165, 1.54) is 24.0 Å². The fraction of sp³-hybridized carbons (Fsp3) is 0.429. The lowest BCUT2D eigenvalue weighted by Gasteiger charge is -2.19. The number of nitrogens with zero attached hydrogens (tertiary/aromatic N) is 5. The van der Waals surface area contributed by atoms with Crippen molar-refractivity contribution in [2.45, 2.75) is 64.6 Å². The summed E-state index contributed by atoms with van der Waals surface area (Å²) in [6.45, 7) is 5.85. The quantitative estimate of drug-likeness (QED) is 0.370. The fourth-order valence-electron chi connectivity index (χ4n) is 5.49. The molecule has 1 aliphatic heterocycles. The van der Waals surface area contributed by atoms with Gasteiger partial charge in [0.2, 0.25) is 5.95 Å². The first-order chi connectivity index (χ1) is 17.9. The van der Waals surface area contributed by atoms with Gasteiger partial charge in [0.15, 0.2) is 11.5 Å². The first kappa shape index (κ1) is 23.8. The lowest BCUT2D eigenvalue weighted by molar-refractivity contribution is 0.0738. The van der Waals surface area contributed by atoms with E-state index in [0.29, 0.717) is 41.0 Å². The summed E-state index contributed by atoms with van der Waals surface area (Å²) in [5, 5.41) is 17.8. The predicted molar refractivity (Wildman–Crippen MR) is 143 cm³/mol. The molecular formula is C28H33N7O2. The zero-order valence-electron chi connectivity index (χ0n) is 21.4. The Morgan fingerprint density at radius 2 is 1.97 bits per heavy atom. The minimum atomic E-state index is -1.11. The molecule has 9 nitrogen and oxygen atoms in total. The second kappa shape index (κ2) is 9.39. The summed E-state index contributed by atoms with van der Waals surface area (Å²) in [7, 11) is 0. The molecule has 0 atom stereocenters. The molecule has 4 aromatic rings. The topological polar surface area (TPSA) is 110 Å². The molecule has 37 heavy (non-hydrogen) atoms. The first-order valence-electron chi connectivity index (χ1n) is 13.2. The fourth-order valence-corrected chi connectivity index (χ4v) is 5.49. The normalized spacial score (nSPS) is 16.3. The maximum Gasteiger partial charge on any atom is 0.278 e. The van der Waals surface area contributed by atoms with Crippen molar-refractivity contribution in [1.29, 1.82) is 0 Å². The van der Waals surface area contributed by atoms with Gasteiger partial charge in [-0.2, -0.15) is 4.98 Å². The van der Waals surface area contributed by atoms with Crippen molar-refractivity contribution in [3.63, 3.8) is 0 Å². The van der Waals surface area contributed by atoms with Gasteiger partial charge in [0.25, 0.3) is 5.56 Å². The van der Waals surface area contributed by atoms with Gasteiger partial charge in [0.05, 0.1) is 5.69 Å². The number of rotatable bonds is 6. The highest BCUT2D eigenvalue weighted by molar-refractivity contribution is 5.77. The van der Waals surface area contributed by atoms with Gasteiger partial charge in [0, 0.05) is 25.0 Å². The van der Waals surface area contributed by atoms with Crippen LogP contribution in [0.2, 0.25) is 0 Å². The molecule has 0 unspecified atom stereocenters. The molecule has 1 aliphatic carbocycles. The van der Waals surface area contributed by atoms with Crippen LogP contribution in [0.3, 0.4) is 0 Å². The number of hydrogen-bond donors (Lipinski definition) is 3. The van der Waals surface area contributed by atoms with Crippen LogP contribution in [-0.4, -0.2) is 36.0 Å². The second-order valence-electron chi connectivity index (χ2n) is 10.8. The summed E-state index contributed by atoms with van der Waals surface area (Å²) in [4.78, 5) is 27.6. The molecule has 0 spiro atoms. The Balaban J connectivity index is 1.45. The molecule has 0 radical (unpaired) electrons. The van der Waals surface area contributed by atoms with Gasteiger partial charge in [-0.05, 0) is 81.0 Å². The van der Waals surface area contributed by atoms with Crippen molar-refractivity contribution < 1.29 is 5.11 Å². The van der Waals surface area contributed by atoms with E-state index in [0.717, 1.165) is 38.0 Å². The summed E-state index contributed by atoms with van der Waals surface area (Å²) in [6, 6.07) is 11.8. The third-order valence-corrected chi connectivity index (χ3v) is 7.51. The zero-order valence-corrected chi connectivity index (χ0v) is 21.4. The number of hydrogen-bond acceptors (Lipinski definition) is 7. The molecule has 1 saturated carbocycles. The van der Waals surface area contributed by atoms with E-state index < -0.39 is 5.60 Å². The Morgan fingerprint density at radius 3 is 2.78 bits per heavy atom. The Bertz CT molecular complexity index is 1510. The highest BCUT2D eigenvalue weighted by Gasteiger charge is 2.24. The SMILES string of the molecule is CC(C)(O)c1cccc(-n2c3nc(Nc4ccc5c(c4)CNCC5)ncc3c(=O)n2CC2CCCC2)n1. The molecule has 1 aromatic carbocycles. The van der Waals surface area contributed by atoms with E-state index in [9.17, 15) is 9.90 Å². The molecule has 6 rings (SSSR count). The van der Waals surface area contributed by atoms with Crippen LogP contribution in [0.4, 0.5) is 11.6 Å². The van der Waals surface area contributed by atoms with Crippen LogP contribution in [0, 0.1) is 5.92 Å². The Labute approximate surface area is 215 Å². The van der Waals surface area contributed by atoms with Crippen LogP contribution in [0.5, 0.6) is 0 Å². The van der Waals surface area contributed by atoms with Gasteiger partial charge >= 0.3 is 0 Å². The maximum absolute atomic E-state index is 13.6. The van der Waals surface area contributed by atoms with Crippen LogP contribution < -0.4 is 16.2 Å². The molecule has 0 bridgehead atoms. The molecule has 3 N–H and O–H groups in total. The Hall–Kier alpha value is -3.56. The molecule has 1 fully saturated rings. The van der Waals surface area contributed by atoms with Crippen LogP contribution in [-0.2, 0) is 25.1 Å². The molecule has 3 aromatic heterocycles. The third kappa shape index (κ3) is 4.65. The van der Waals surface area contributed by atoms with Crippen molar-refractivity contribution in [1.82, 2.24) is 29.6 Å². The van der Waals surface area contributed by atoms with Gasteiger partial charge in [-0.15, -0.1) is 0 Å². The molecule has 4 heterocycles. The molecule has 0 saturated heterocycles. The lowest BCUT2D eigenvalue weighted by atomic mass is 10.0. The summed E-state index contributed by atoms with van der Waals surface area (Å²) >= 11 is 0. The lowest BCUT2D eigenvalue weighted by Crippen LogP contribution is -2.27. The predicted octanol–water partition coefficient (Wildman–Crippen LogP) is 3.78. The van der Waals surface area contributed by atoms with Crippen LogP contribution in [0.25, 0.3) is 16.9 Å². The van der Waals surface area contributed by atoms with Crippen LogP contribution in [0.1, 0.15) is 56.4 Å². The van der Waals surface area contributed by atoms with E-state index in [2.05, 4.69) is 27.8 Å². The number of anilines is 2. The van der Waals surface area contributed by atoms with Crippen molar-refractivity contribution in [2.75, 3.05) is 11.9 Å². The average Bonchev–Trinajstić information content (AvgIpc) is 3.50. The third-order valence-electron chi connectivity index (χ3n) is 7.51. The first-order valence-corrected chi connectivity index (χ1v) is 13.2. The highest BCUT2D eigenvalue weighted by Crippen LogP contribution is 2.28. The summed E-state index contributed by atoms with van der Waals surface area (Å²) in [6.07, 6.45) is 7.23. The summed E-state index contributed by atoms with van der Waals surface area (Å²) in [5.41, 5.74) is 3.33. The zero-order chi connectivity index (χ0) is 25.6. The van der Waals surface area contributed by atoms with Crippen LogP contribution >= 0.6 is 0 Å². The second-order valence-corrected chi connectivity index (χ2v) is 10.8. The molecule has 0 amide bonds. The smallest absolute Gasteiger partial charge is 0.278 e. The number of benzene rings is 1. The monoisotopic (exact) mass is 499 g/mol. The number of pyridine rings is 1. The van der Waals surface area contributed by atoms with Gasteiger partial charge < -0.3 is 15.7 Å². The Kier molecular flexibility index (Phi) is 6.04. The van der Waals surface area contributed by atoms with Crippen molar-refractivity contribution in [3.05, 3.63) is 69.8 Å². The van der Waals surface area contributed by atoms with Crippen molar-refractivity contribution in [3.8, 4) is 5.82 Å². The standard InChI is InChI=1S/C28H33N7O2/c1-28(2,37)23-8-5-9-24(32-23)35-25-22(26(36)34(35)17-18-6-3-4-7-18)16-30-27(33-25)31-21-11-10-19-12-13-29-15-20(19)14-21/h5,8-11,14,16,18,29,37H,3-4,6-7,12-13,15,17H2,1-2H3,(H,30,31,33). The van der Waals surface area contributed by atoms with E-state index in [-0.39, 0.29) is 5.56 Å². The minimum absolute atomic E-state index is 0.122. The summed E-state index contributed by atoms with van der Waals surface area (Å²) < 4.78 is 3.55. The Morgan fingerprint density at radius 1 is 1.14 bits per heavy atom. The molecule has 2 aliphatic rings. The molecule has 9 heteroatoms. The number of aromatic nitrogens is 5. The number of nitrogens with one attached hydrogen (secondary N) is 2. The van der Waals surface area contributed by atoms with Gasteiger partial charge in [0.1, 0.15) is 11.0 Å². The summed E-state index contributed by atoms with van der Waals surface area (Å²) in [5.74, 6) is 1.41.